The van der Waals surface area contributed by atoms with Crippen LogP contribution < -0.4 is 10.6 Å². The Morgan fingerprint density at radius 2 is 1.96 bits per heavy atom. The fourth-order valence-electron chi connectivity index (χ4n) is 3.26. The highest BCUT2D eigenvalue weighted by Crippen LogP contribution is 2.21. The Bertz CT molecular complexity index is 786. The molecule has 0 atom stereocenters. The van der Waals surface area contributed by atoms with Gasteiger partial charge in [0.25, 0.3) is 11.8 Å². The molecule has 3 rings (SSSR count). The summed E-state index contributed by atoms with van der Waals surface area (Å²) in [7, 11) is 1.63. The first kappa shape index (κ1) is 19.1. The number of ether oxygens (including phenoxy) is 1. The Hall–Kier alpha value is -2.67. The summed E-state index contributed by atoms with van der Waals surface area (Å²) in [6.07, 6.45) is 3.49. The second-order valence-electron chi connectivity index (χ2n) is 6.61. The predicted octanol–water partition coefficient (Wildman–Crippen LogP) is 1.92. The Morgan fingerprint density at radius 1 is 1.15 bits per heavy atom. The van der Waals surface area contributed by atoms with Crippen LogP contribution >= 0.6 is 0 Å². The van der Waals surface area contributed by atoms with E-state index in [1.165, 1.54) is 0 Å². The van der Waals surface area contributed by atoms with Crippen molar-refractivity contribution in [1.29, 1.82) is 0 Å². The molecular weight excluding hydrogens is 344 g/mol. The van der Waals surface area contributed by atoms with Crippen LogP contribution in [0, 0.1) is 0 Å². The molecule has 0 fully saturated rings. The lowest BCUT2D eigenvalue weighted by atomic mass is 10.1. The molecule has 1 aliphatic rings. The molecule has 2 heterocycles. The second kappa shape index (κ2) is 9.32. The molecule has 7 nitrogen and oxygen atoms in total. The van der Waals surface area contributed by atoms with Crippen molar-refractivity contribution in [2.45, 2.75) is 38.8 Å². The third-order valence-electron chi connectivity index (χ3n) is 4.64. The maximum Gasteiger partial charge on any atom is 0.287 e. The number of imidazole rings is 1. The normalized spacial score (nSPS) is 13.1. The van der Waals surface area contributed by atoms with Crippen LogP contribution in [0.2, 0.25) is 0 Å². The van der Waals surface area contributed by atoms with E-state index in [4.69, 9.17) is 4.74 Å². The Balaban J connectivity index is 1.72. The molecule has 0 unspecified atom stereocenters. The largest absolute Gasteiger partial charge is 0.385 e. The summed E-state index contributed by atoms with van der Waals surface area (Å²) in [5.41, 5.74) is 2.25. The lowest BCUT2D eigenvalue weighted by Crippen LogP contribution is -2.27. The number of benzene rings is 1. The van der Waals surface area contributed by atoms with Crippen LogP contribution in [-0.4, -0.2) is 41.6 Å². The van der Waals surface area contributed by atoms with E-state index < -0.39 is 0 Å². The quantitative estimate of drug-likeness (QED) is 0.695. The molecule has 0 saturated carbocycles. The van der Waals surface area contributed by atoms with Crippen LogP contribution in [0.1, 0.15) is 51.6 Å². The molecule has 144 valence electrons. The zero-order valence-corrected chi connectivity index (χ0v) is 15.7. The monoisotopic (exact) mass is 370 g/mol. The fraction of sp³-hybridized carbons (Fsp3) is 0.450. The van der Waals surface area contributed by atoms with E-state index in [1.54, 1.807) is 7.11 Å². The number of aromatic nitrogens is 2. The van der Waals surface area contributed by atoms with Crippen LogP contribution in [0.4, 0.5) is 0 Å². The Labute approximate surface area is 159 Å². The van der Waals surface area contributed by atoms with Gasteiger partial charge in [-0.25, -0.2) is 4.98 Å². The van der Waals surface area contributed by atoms with Crippen molar-refractivity contribution in [2.24, 2.45) is 0 Å². The molecule has 1 aromatic carbocycles. The number of rotatable bonds is 8. The van der Waals surface area contributed by atoms with Crippen molar-refractivity contribution in [1.82, 2.24) is 20.2 Å². The van der Waals surface area contributed by atoms with Gasteiger partial charge in [0, 0.05) is 33.4 Å². The zero-order valence-electron chi connectivity index (χ0n) is 15.7. The van der Waals surface area contributed by atoms with Gasteiger partial charge in [0.2, 0.25) is 0 Å². The maximum atomic E-state index is 12.7. The van der Waals surface area contributed by atoms with Crippen molar-refractivity contribution in [3.05, 3.63) is 53.1 Å². The summed E-state index contributed by atoms with van der Waals surface area (Å²) in [4.78, 5) is 29.6. The summed E-state index contributed by atoms with van der Waals surface area (Å²) in [6, 6.07) is 9.73. The number of carbonyl (C=O) groups excluding carboxylic acids is 2. The third kappa shape index (κ3) is 4.74. The molecule has 2 aromatic rings. The van der Waals surface area contributed by atoms with E-state index in [1.807, 2.05) is 34.9 Å². The fourth-order valence-corrected chi connectivity index (χ4v) is 3.26. The van der Waals surface area contributed by atoms with E-state index in [0.717, 1.165) is 36.9 Å². The number of hydrogen-bond donors (Lipinski definition) is 2. The van der Waals surface area contributed by atoms with Gasteiger partial charge < -0.3 is 19.9 Å². The highest BCUT2D eigenvalue weighted by Gasteiger charge is 2.27. The Morgan fingerprint density at radius 3 is 2.74 bits per heavy atom. The zero-order chi connectivity index (χ0) is 19.1. The minimum atomic E-state index is -0.250. The van der Waals surface area contributed by atoms with Crippen molar-refractivity contribution in [3.63, 3.8) is 0 Å². The number of amides is 2. The van der Waals surface area contributed by atoms with Crippen LogP contribution in [0.25, 0.3) is 0 Å². The number of carbonyl (C=O) groups is 2. The second-order valence-corrected chi connectivity index (χ2v) is 6.61. The molecule has 0 spiro atoms. The van der Waals surface area contributed by atoms with Crippen molar-refractivity contribution >= 4 is 11.8 Å². The molecule has 0 aliphatic carbocycles. The van der Waals surface area contributed by atoms with E-state index in [-0.39, 0.29) is 11.8 Å². The average molecular weight is 370 g/mol. The highest BCUT2D eigenvalue weighted by molar-refractivity contribution is 5.97. The van der Waals surface area contributed by atoms with Gasteiger partial charge in [-0.05, 0) is 31.2 Å². The molecule has 1 aliphatic heterocycles. The van der Waals surface area contributed by atoms with Gasteiger partial charge in [-0.15, -0.1) is 0 Å². The molecule has 0 saturated heterocycles. The van der Waals surface area contributed by atoms with Gasteiger partial charge in [0.05, 0.1) is 5.69 Å². The molecule has 7 heteroatoms. The molecule has 1 aromatic heterocycles. The van der Waals surface area contributed by atoms with Crippen LogP contribution in [0.3, 0.4) is 0 Å². The standard InChI is InChI=1S/C20H26N4O3/c1-27-13-7-11-21-19(25)17-16-10-5-6-12-24(16)18(23-17)20(26)22-14-15-8-3-2-4-9-15/h2-4,8-9H,5-7,10-14H2,1H3,(H,21,25)(H,22,26). The van der Waals surface area contributed by atoms with E-state index in [2.05, 4.69) is 15.6 Å². The number of nitrogens with one attached hydrogen (secondary N) is 2. The first-order valence-corrected chi connectivity index (χ1v) is 9.39. The van der Waals surface area contributed by atoms with Crippen LogP contribution in [0.15, 0.2) is 30.3 Å². The summed E-state index contributed by atoms with van der Waals surface area (Å²) in [5, 5.41) is 5.77. The summed E-state index contributed by atoms with van der Waals surface area (Å²) in [6.45, 7) is 2.26. The number of hydrogen-bond acceptors (Lipinski definition) is 4. The van der Waals surface area contributed by atoms with Crippen molar-refractivity contribution in [3.8, 4) is 0 Å². The predicted molar refractivity (Wildman–Crippen MR) is 102 cm³/mol. The van der Waals surface area contributed by atoms with Gasteiger partial charge in [-0.1, -0.05) is 30.3 Å². The lowest BCUT2D eigenvalue weighted by Gasteiger charge is -2.17. The number of methoxy groups -OCH3 is 1. The number of fused-ring (bicyclic) bond motifs is 1. The first-order chi connectivity index (χ1) is 13.2. The van der Waals surface area contributed by atoms with E-state index in [0.29, 0.717) is 37.8 Å². The Kier molecular flexibility index (Phi) is 6.59. The molecule has 27 heavy (non-hydrogen) atoms. The third-order valence-corrected chi connectivity index (χ3v) is 4.64. The molecule has 2 N–H and O–H groups in total. The average Bonchev–Trinajstić information content (AvgIpc) is 3.10. The minimum Gasteiger partial charge on any atom is -0.385 e. The van der Waals surface area contributed by atoms with Crippen molar-refractivity contribution < 1.29 is 14.3 Å². The van der Waals surface area contributed by atoms with Gasteiger partial charge >= 0.3 is 0 Å². The highest BCUT2D eigenvalue weighted by atomic mass is 16.5. The minimum absolute atomic E-state index is 0.223. The topological polar surface area (TPSA) is 85.2 Å². The summed E-state index contributed by atoms with van der Waals surface area (Å²) in [5.74, 6) is -0.151. The van der Waals surface area contributed by atoms with E-state index >= 15 is 0 Å². The summed E-state index contributed by atoms with van der Waals surface area (Å²) < 4.78 is 6.89. The van der Waals surface area contributed by atoms with Gasteiger partial charge in [-0.2, -0.15) is 0 Å². The van der Waals surface area contributed by atoms with Gasteiger partial charge in [0.1, 0.15) is 5.69 Å². The lowest BCUT2D eigenvalue weighted by molar-refractivity contribution is 0.0934. The van der Waals surface area contributed by atoms with Crippen LogP contribution in [-0.2, 0) is 24.2 Å². The van der Waals surface area contributed by atoms with E-state index in [9.17, 15) is 9.59 Å². The number of nitrogens with zero attached hydrogens (tertiary/aromatic N) is 2. The molecule has 0 radical (unpaired) electrons. The first-order valence-electron chi connectivity index (χ1n) is 9.39. The van der Waals surface area contributed by atoms with Crippen LogP contribution in [0.5, 0.6) is 0 Å². The van der Waals surface area contributed by atoms with Gasteiger partial charge in [-0.3, -0.25) is 9.59 Å². The molecular formula is C20H26N4O3. The molecule has 0 bridgehead atoms. The molecule has 2 amide bonds. The maximum absolute atomic E-state index is 12.7. The van der Waals surface area contributed by atoms with Crippen molar-refractivity contribution in [2.75, 3.05) is 20.3 Å². The smallest absolute Gasteiger partial charge is 0.287 e. The summed E-state index contributed by atoms with van der Waals surface area (Å²) >= 11 is 0. The van der Waals surface area contributed by atoms with Gasteiger partial charge in [0.15, 0.2) is 5.82 Å². The SMILES string of the molecule is COCCCNC(=O)c1nc(C(=O)NCc2ccccc2)n2c1CCCC2.